The molecule has 0 aliphatic carbocycles. The number of para-hydroxylation sites is 1. The number of hydrogen-bond donors (Lipinski definition) is 1. The van der Waals surface area contributed by atoms with E-state index in [-0.39, 0.29) is 18.4 Å². The highest BCUT2D eigenvalue weighted by Crippen LogP contribution is 2.31. The largest absolute Gasteiger partial charge is 0.497 e. The second-order valence-electron chi connectivity index (χ2n) is 8.59. The number of carbonyl (C=O) groups is 2. The standard InChI is InChI=1S/C26H29N5O4/c1-18(2)13-14-27-26(33)25(23-12-7-15-35-23)31(19-8-6-9-20(16-19)34-3)24(32)17-30-22-11-5-4-10-21(22)28-29-30/h4-12,15-16,18,25H,13-14,17H2,1-3H3,(H,27,33). The number of aromatic nitrogens is 3. The molecule has 0 spiro atoms. The van der Waals surface area contributed by atoms with Crippen LogP contribution in [0.15, 0.2) is 71.3 Å². The summed E-state index contributed by atoms with van der Waals surface area (Å²) >= 11 is 0. The van der Waals surface area contributed by atoms with Crippen molar-refractivity contribution in [1.29, 1.82) is 0 Å². The molecule has 1 N–H and O–H groups in total. The average molecular weight is 476 g/mol. The van der Waals surface area contributed by atoms with Crippen molar-refractivity contribution >= 4 is 28.5 Å². The molecule has 1 atom stereocenters. The van der Waals surface area contributed by atoms with Gasteiger partial charge < -0.3 is 14.5 Å². The minimum atomic E-state index is -1.02. The fraction of sp³-hybridized carbons (Fsp3) is 0.308. The lowest BCUT2D eigenvalue weighted by atomic mass is 10.1. The van der Waals surface area contributed by atoms with E-state index < -0.39 is 6.04 Å². The number of hydrogen-bond acceptors (Lipinski definition) is 6. The number of carbonyl (C=O) groups excluding carboxylic acids is 2. The number of nitrogens with zero attached hydrogens (tertiary/aromatic N) is 4. The molecule has 0 saturated carbocycles. The number of ether oxygens (including phenoxy) is 1. The molecule has 0 saturated heterocycles. The van der Waals surface area contributed by atoms with E-state index in [1.807, 2.05) is 24.3 Å². The van der Waals surface area contributed by atoms with Crippen molar-refractivity contribution in [3.05, 3.63) is 72.7 Å². The Bertz CT molecular complexity index is 1280. The third-order valence-electron chi connectivity index (χ3n) is 5.65. The molecule has 4 rings (SSSR count). The van der Waals surface area contributed by atoms with E-state index in [0.717, 1.165) is 11.9 Å². The van der Waals surface area contributed by atoms with Crippen LogP contribution < -0.4 is 15.0 Å². The zero-order valence-corrected chi connectivity index (χ0v) is 20.0. The quantitative estimate of drug-likeness (QED) is 0.372. The van der Waals surface area contributed by atoms with Crippen molar-refractivity contribution in [2.45, 2.75) is 32.9 Å². The van der Waals surface area contributed by atoms with Crippen LogP contribution >= 0.6 is 0 Å². The number of rotatable bonds is 10. The van der Waals surface area contributed by atoms with Crippen molar-refractivity contribution in [2.75, 3.05) is 18.6 Å². The topological polar surface area (TPSA) is 102 Å². The van der Waals surface area contributed by atoms with Crippen LogP contribution in [0.4, 0.5) is 5.69 Å². The molecule has 35 heavy (non-hydrogen) atoms. The van der Waals surface area contributed by atoms with Crippen LogP contribution in [0, 0.1) is 5.92 Å². The molecule has 0 fully saturated rings. The number of fused-ring (bicyclic) bond motifs is 1. The van der Waals surface area contributed by atoms with Crippen molar-refractivity contribution in [2.24, 2.45) is 5.92 Å². The van der Waals surface area contributed by atoms with E-state index in [1.165, 1.54) is 15.8 Å². The Hall–Kier alpha value is -4.14. The van der Waals surface area contributed by atoms with Gasteiger partial charge in [0.15, 0.2) is 6.04 Å². The Morgan fingerprint density at radius 1 is 1.11 bits per heavy atom. The molecule has 1 unspecified atom stereocenters. The van der Waals surface area contributed by atoms with Crippen molar-refractivity contribution in [3.8, 4) is 5.75 Å². The minimum absolute atomic E-state index is 0.117. The van der Waals surface area contributed by atoms with Crippen LogP contribution in [-0.2, 0) is 16.1 Å². The third kappa shape index (κ3) is 5.51. The first-order valence-corrected chi connectivity index (χ1v) is 11.5. The van der Waals surface area contributed by atoms with Gasteiger partial charge in [-0.3, -0.25) is 14.5 Å². The van der Waals surface area contributed by atoms with Crippen molar-refractivity contribution in [1.82, 2.24) is 20.3 Å². The molecule has 2 amide bonds. The zero-order valence-electron chi connectivity index (χ0n) is 20.0. The maximum Gasteiger partial charge on any atom is 0.251 e. The molecular formula is C26H29N5O4. The lowest BCUT2D eigenvalue weighted by molar-refractivity contribution is -0.127. The summed E-state index contributed by atoms with van der Waals surface area (Å²) in [4.78, 5) is 28.8. The van der Waals surface area contributed by atoms with Gasteiger partial charge in [0.05, 0.1) is 18.9 Å². The molecule has 9 heteroatoms. The highest BCUT2D eigenvalue weighted by Gasteiger charge is 2.35. The van der Waals surface area contributed by atoms with E-state index >= 15 is 0 Å². The summed E-state index contributed by atoms with van der Waals surface area (Å²) in [6.45, 7) is 4.55. The third-order valence-corrected chi connectivity index (χ3v) is 5.65. The normalized spacial score (nSPS) is 12.0. The highest BCUT2D eigenvalue weighted by molar-refractivity contribution is 6.01. The summed E-state index contributed by atoms with van der Waals surface area (Å²) in [5, 5.41) is 11.3. The van der Waals surface area contributed by atoms with E-state index in [0.29, 0.717) is 35.2 Å². The maximum atomic E-state index is 13.9. The average Bonchev–Trinajstić information content (AvgIpc) is 3.52. The van der Waals surface area contributed by atoms with Crippen LogP contribution in [-0.4, -0.2) is 40.5 Å². The van der Waals surface area contributed by atoms with Crippen LogP contribution in [0.25, 0.3) is 11.0 Å². The zero-order chi connectivity index (χ0) is 24.8. The fourth-order valence-corrected chi connectivity index (χ4v) is 3.84. The molecule has 4 aromatic rings. The number of methoxy groups -OCH3 is 1. The fourth-order valence-electron chi connectivity index (χ4n) is 3.84. The van der Waals surface area contributed by atoms with Gasteiger partial charge in [0.2, 0.25) is 5.91 Å². The lowest BCUT2D eigenvalue weighted by Gasteiger charge is -2.30. The molecule has 0 radical (unpaired) electrons. The van der Waals surface area contributed by atoms with Gasteiger partial charge in [-0.05, 0) is 48.7 Å². The number of anilines is 1. The Kier molecular flexibility index (Phi) is 7.45. The molecule has 0 bridgehead atoms. The van der Waals surface area contributed by atoms with Crippen LogP contribution in [0.1, 0.15) is 32.1 Å². The Balaban J connectivity index is 1.73. The lowest BCUT2D eigenvalue weighted by Crippen LogP contribution is -2.45. The van der Waals surface area contributed by atoms with Gasteiger partial charge in [-0.25, -0.2) is 4.68 Å². The van der Waals surface area contributed by atoms with Gasteiger partial charge in [0.25, 0.3) is 5.91 Å². The molecule has 9 nitrogen and oxygen atoms in total. The van der Waals surface area contributed by atoms with E-state index in [1.54, 1.807) is 43.5 Å². The van der Waals surface area contributed by atoms with Crippen molar-refractivity contribution < 1.29 is 18.7 Å². The van der Waals surface area contributed by atoms with Gasteiger partial charge in [0, 0.05) is 18.3 Å². The molecule has 2 aromatic heterocycles. The van der Waals surface area contributed by atoms with Crippen molar-refractivity contribution in [3.63, 3.8) is 0 Å². The molecule has 0 aliphatic rings. The van der Waals surface area contributed by atoms with Gasteiger partial charge in [0.1, 0.15) is 23.6 Å². The van der Waals surface area contributed by atoms with E-state index in [4.69, 9.17) is 9.15 Å². The van der Waals surface area contributed by atoms with Crippen LogP contribution in [0.2, 0.25) is 0 Å². The summed E-state index contributed by atoms with van der Waals surface area (Å²) in [5.41, 5.74) is 1.91. The summed E-state index contributed by atoms with van der Waals surface area (Å²) in [6, 6.07) is 16.8. The predicted octanol–water partition coefficient (Wildman–Crippen LogP) is 3.97. The van der Waals surface area contributed by atoms with Crippen LogP contribution in [0.5, 0.6) is 5.75 Å². The SMILES string of the molecule is COc1cccc(N(C(=O)Cn2nnc3ccccc32)C(C(=O)NCCC(C)C)c2ccco2)c1. The smallest absolute Gasteiger partial charge is 0.251 e. The Morgan fingerprint density at radius 2 is 1.94 bits per heavy atom. The number of furan rings is 1. The van der Waals surface area contributed by atoms with Gasteiger partial charge >= 0.3 is 0 Å². The second kappa shape index (κ2) is 10.9. The number of amides is 2. The van der Waals surface area contributed by atoms with Crippen LogP contribution in [0.3, 0.4) is 0 Å². The van der Waals surface area contributed by atoms with E-state index in [9.17, 15) is 9.59 Å². The van der Waals surface area contributed by atoms with Gasteiger partial charge in [-0.1, -0.05) is 37.3 Å². The summed E-state index contributed by atoms with van der Waals surface area (Å²) in [5.74, 6) is 0.653. The molecule has 182 valence electrons. The predicted molar refractivity (Wildman–Crippen MR) is 132 cm³/mol. The molecule has 2 heterocycles. The first-order chi connectivity index (χ1) is 17.0. The first kappa shape index (κ1) is 24.0. The van der Waals surface area contributed by atoms with E-state index in [2.05, 4.69) is 29.5 Å². The summed E-state index contributed by atoms with van der Waals surface area (Å²) < 4.78 is 12.5. The summed E-state index contributed by atoms with van der Waals surface area (Å²) in [6.07, 6.45) is 2.30. The summed E-state index contributed by atoms with van der Waals surface area (Å²) in [7, 11) is 1.55. The molecular weight excluding hydrogens is 446 g/mol. The number of nitrogens with one attached hydrogen (secondary N) is 1. The Labute approximate surface area is 203 Å². The number of benzene rings is 2. The minimum Gasteiger partial charge on any atom is -0.497 e. The first-order valence-electron chi connectivity index (χ1n) is 11.5. The monoisotopic (exact) mass is 475 g/mol. The maximum absolute atomic E-state index is 13.9. The molecule has 0 aliphatic heterocycles. The highest BCUT2D eigenvalue weighted by atomic mass is 16.5. The molecule has 2 aromatic carbocycles. The second-order valence-corrected chi connectivity index (χ2v) is 8.59. The van der Waals surface area contributed by atoms with Gasteiger partial charge in [-0.2, -0.15) is 0 Å². The Morgan fingerprint density at radius 3 is 2.69 bits per heavy atom. The van der Waals surface area contributed by atoms with Gasteiger partial charge in [-0.15, -0.1) is 5.10 Å².